The van der Waals surface area contributed by atoms with E-state index >= 15 is 0 Å². The van der Waals surface area contributed by atoms with Gasteiger partial charge in [0.2, 0.25) is 15.9 Å². The number of aromatic nitrogens is 1. The lowest BCUT2D eigenvalue weighted by atomic mass is 10.0. The van der Waals surface area contributed by atoms with E-state index < -0.39 is 10.0 Å². The lowest BCUT2D eigenvalue weighted by molar-refractivity contribution is 0.191. The molecule has 7 heteroatoms. The summed E-state index contributed by atoms with van der Waals surface area (Å²) in [7, 11) is 0.253. The van der Waals surface area contributed by atoms with Crippen LogP contribution >= 0.6 is 0 Å². The van der Waals surface area contributed by atoms with Crippen LogP contribution in [-0.4, -0.2) is 57.8 Å². The SMILES string of the molecule is COc1ccc(N(CC2CCCCN2C)S(C)(=O)=O)cn1. The van der Waals surface area contributed by atoms with E-state index in [1.54, 1.807) is 18.3 Å². The first-order chi connectivity index (χ1) is 9.91. The molecule has 0 spiro atoms. The van der Waals surface area contributed by atoms with E-state index in [0.29, 0.717) is 18.1 Å². The minimum absolute atomic E-state index is 0.246. The maximum Gasteiger partial charge on any atom is 0.232 e. The molecule has 2 rings (SSSR count). The van der Waals surface area contributed by atoms with Gasteiger partial charge in [-0.1, -0.05) is 6.42 Å². The predicted octanol–water partition coefficient (Wildman–Crippen LogP) is 1.34. The van der Waals surface area contributed by atoms with Gasteiger partial charge in [0.05, 0.1) is 25.2 Å². The molecule has 1 aromatic rings. The first-order valence-corrected chi connectivity index (χ1v) is 8.94. The van der Waals surface area contributed by atoms with Gasteiger partial charge in [-0.3, -0.25) is 4.31 Å². The minimum Gasteiger partial charge on any atom is -0.481 e. The largest absolute Gasteiger partial charge is 0.481 e. The molecule has 1 unspecified atom stereocenters. The van der Waals surface area contributed by atoms with Gasteiger partial charge < -0.3 is 9.64 Å². The maximum atomic E-state index is 12.1. The van der Waals surface area contributed by atoms with Gasteiger partial charge in [-0.15, -0.1) is 0 Å². The molecule has 0 bridgehead atoms. The number of anilines is 1. The molecule has 0 N–H and O–H groups in total. The fraction of sp³-hybridized carbons (Fsp3) is 0.643. The van der Waals surface area contributed by atoms with Crippen molar-refractivity contribution in [1.82, 2.24) is 9.88 Å². The fourth-order valence-electron chi connectivity index (χ4n) is 2.64. The number of nitrogens with zero attached hydrogens (tertiary/aromatic N) is 3. The average molecular weight is 313 g/mol. The third kappa shape index (κ3) is 4.07. The zero-order chi connectivity index (χ0) is 15.5. The van der Waals surface area contributed by atoms with Crippen molar-refractivity contribution in [2.45, 2.75) is 25.3 Å². The highest BCUT2D eigenvalue weighted by Gasteiger charge is 2.26. The Balaban J connectivity index is 2.21. The minimum atomic E-state index is -3.33. The van der Waals surface area contributed by atoms with Crippen molar-refractivity contribution in [3.8, 4) is 5.88 Å². The number of pyridine rings is 1. The second-order valence-corrected chi connectivity index (χ2v) is 7.39. The Morgan fingerprint density at radius 1 is 1.43 bits per heavy atom. The van der Waals surface area contributed by atoms with Crippen LogP contribution in [0.2, 0.25) is 0 Å². The molecular weight excluding hydrogens is 290 g/mol. The number of rotatable bonds is 5. The zero-order valence-corrected chi connectivity index (χ0v) is 13.6. The Labute approximate surface area is 126 Å². The number of ether oxygens (including phenoxy) is 1. The monoisotopic (exact) mass is 313 g/mol. The summed E-state index contributed by atoms with van der Waals surface area (Å²) in [6, 6.07) is 3.66. The number of sulfonamides is 1. The Hall–Kier alpha value is -1.34. The highest BCUT2D eigenvalue weighted by Crippen LogP contribution is 2.23. The molecule has 21 heavy (non-hydrogen) atoms. The maximum absolute atomic E-state index is 12.1. The van der Waals surface area contributed by atoms with E-state index in [9.17, 15) is 8.42 Å². The molecule has 118 valence electrons. The quantitative estimate of drug-likeness (QED) is 0.821. The van der Waals surface area contributed by atoms with Crippen LogP contribution in [0.1, 0.15) is 19.3 Å². The van der Waals surface area contributed by atoms with Crippen molar-refractivity contribution in [2.24, 2.45) is 0 Å². The molecule has 2 heterocycles. The fourth-order valence-corrected chi connectivity index (χ4v) is 3.57. The molecule has 0 saturated carbocycles. The van der Waals surface area contributed by atoms with Crippen molar-refractivity contribution in [2.75, 3.05) is 37.8 Å². The predicted molar refractivity (Wildman–Crippen MR) is 83.2 cm³/mol. The van der Waals surface area contributed by atoms with Gasteiger partial charge >= 0.3 is 0 Å². The molecule has 0 amide bonds. The number of methoxy groups -OCH3 is 1. The van der Waals surface area contributed by atoms with Crippen molar-refractivity contribution in [3.05, 3.63) is 18.3 Å². The first-order valence-electron chi connectivity index (χ1n) is 7.10. The highest BCUT2D eigenvalue weighted by atomic mass is 32.2. The molecule has 1 aromatic heterocycles. The molecule has 0 aromatic carbocycles. The van der Waals surface area contributed by atoms with Gasteiger partial charge in [0.25, 0.3) is 0 Å². The van der Waals surface area contributed by atoms with Gasteiger partial charge in [0.15, 0.2) is 0 Å². The van der Waals surface area contributed by atoms with Crippen LogP contribution in [0.4, 0.5) is 5.69 Å². The molecule has 1 fully saturated rings. The van der Waals surface area contributed by atoms with E-state index in [4.69, 9.17) is 4.74 Å². The Bertz CT molecular complexity index is 559. The van der Waals surface area contributed by atoms with Crippen LogP contribution in [-0.2, 0) is 10.0 Å². The van der Waals surface area contributed by atoms with E-state index in [2.05, 4.69) is 16.9 Å². The zero-order valence-electron chi connectivity index (χ0n) is 12.8. The second kappa shape index (κ2) is 6.62. The molecule has 1 saturated heterocycles. The lowest BCUT2D eigenvalue weighted by Crippen LogP contribution is -2.46. The molecule has 6 nitrogen and oxygen atoms in total. The third-order valence-corrected chi connectivity index (χ3v) is 5.08. The van der Waals surface area contributed by atoms with E-state index in [1.807, 2.05) is 0 Å². The van der Waals surface area contributed by atoms with Crippen LogP contribution in [0.3, 0.4) is 0 Å². The van der Waals surface area contributed by atoms with Gasteiger partial charge in [0, 0.05) is 18.7 Å². The summed E-state index contributed by atoms with van der Waals surface area (Å²) in [5.74, 6) is 0.474. The van der Waals surface area contributed by atoms with Gasteiger partial charge in [-0.25, -0.2) is 13.4 Å². The van der Waals surface area contributed by atoms with Crippen LogP contribution in [0.25, 0.3) is 0 Å². The Kier molecular flexibility index (Phi) is 5.05. The summed E-state index contributed by atoms with van der Waals surface area (Å²) in [6.07, 6.45) is 6.12. The smallest absolute Gasteiger partial charge is 0.232 e. The lowest BCUT2D eigenvalue weighted by Gasteiger charge is -2.36. The van der Waals surface area contributed by atoms with Crippen LogP contribution in [0, 0.1) is 0 Å². The van der Waals surface area contributed by atoms with Crippen LogP contribution < -0.4 is 9.04 Å². The number of piperidine rings is 1. The summed E-state index contributed by atoms with van der Waals surface area (Å²) < 4.78 is 30.7. The second-order valence-electron chi connectivity index (χ2n) is 5.48. The molecule has 0 radical (unpaired) electrons. The molecule has 1 atom stereocenters. The summed E-state index contributed by atoms with van der Waals surface area (Å²) in [5.41, 5.74) is 0.581. The van der Waals surface area contributed by atoms with Gasteiger partial charge in [-0.2, -0.15) is 0 Å². The summed E-state index contributed by atoms with van der Waals surface area (Å²) in [5, 5.41) is 0. The number of hydrogen-bond donors (Lipinski definition) is 0. The van der Waals surface area contributed by atoms with Gasteiger partial charge in [-0.05, 0) is 32.5 Å². The van der Waals surface area contributed by atoms with Crippen molar-refractivity contribution < 1.29 is 13.2 Å². The number of likely N-dealkylation sites (tertiary alicyclic amines) is 1. The first kappa shape index (κ1) is 16.0. The van der Waals surface area contributed by atoms with Crippen LogP contribution in [0.5, 0.6) is 5.88 Å². The highest BCUT2D eigenvalue weighted by molar-refractivity contribution is 7.92. The Morgan fingerprint density at radius 2 is 2.19 bits per heavy atom. The standard InChI is InChI=1S/C14H23N3O3S/c1-16-9-5-4-6-13(16)11-17(21(3,18)19)12-7-8-14(20-2)15-10-12/h7-8,10,13H,4-6,9,11H2,1-3H3. The topological polar surface area (TPSA) is 62.7 Å². The average Bonchev–Trinajstić information content (AvgIpc) is 2.45. The summed E-state index contributed by atoms with van der Waals surface area (Å²) >= 11 is 0. The molecule has 1 aliphatic rings. The molecule has 0 aliphatic carbocycles. The molecule has 1 aliphatic heterocycles. The molecular formula is C14H23N3O3S. The number of hydrogen-bond acceptors (Lipinski definition) is 5. The number of likely N-dealkylation sites (N-methyl/N-ethyl adjacent to an activating group) is 1. The third-order valence-electron chi connectivity index (χ3n) is 3.92. The van der Waals surface area contributed by atoms with Crippen molar-refractivity contribution >= 4 is 15.7 Å². The summed E-state index contributed by atoms with van der Waals surface area (Å²) in [6.45, 7) is 1.48. The van der Waals surface area contributed by atoms with Crippen molar-refractivity contribution in [1.29, 1.82) is 0 Å². The van der Waals surface area contributed by atoms with E-state index in [-0.39, 0.29) is 6.04 Å². The van der Waals surface area contributed by atoms with Gasteiger partial charge in [0.1, 0.15) is 0 Å². The van der Waals surface area contributed by atoms with Crippen LogP contribution in [0.15, 0.2) is 18.3 Å². The van der Waals surface area contributed by atoms with E-state index in [1.165, 1.54) is 24.1 Å². The summed E-state index contributed by atoms with van der Waals surface area (Å²) in [4.78, 5) is 6.34. The Morgan fingerprint density at radius 3 is 2.71 bits per heavy atom. The van der Waals surface area contributed by atoms with Crippen molar-refractivity contribution in [3.63, 3.8) is 0 Å². The normalized spacial score (nSPS) is 20.2. The van der Waals surface area contributed by atoms with E-state index in [0.717, 1.165) is 19.4 Å².